The van der Waals surface area contributed by atoms with Gasteiger partial charge in [-0.15, -0.1) is 0 Å². The van der Waals surface area contributed by atoms with Gasteiger partial charge in [-0.05, 0) is 35.9 Å². The van der Waals surface area contributed by atoms with E-state index in [0.717, 1.165) is 10.0 Å². The SMILES string of the molecule is CN(Cc1ccc(Br)cc1Cl)c1ncnc2ccc(S(C)(=O)=O)cc12. The highest BCUT2D eigenvalue weighted by atomic mass is 79.9. The van der Waals surface area contributed by atoms with Gasteiger partial charge < -0.3 is 4.90 Å². The molecule has 0 atom stereocenters. The van der Waals surface area contributed by atoms with Crippen LogP contribution in [0.3, 0.4) is 0 Å². The van der Waals surface area contributed by atoms with Gasteiger partial charge in [-0.25, -0.2) is 18.4 Å². The standard InChI is InChI=1S/C17H15BrClN3O2S/c1-22(9-11-3-4-12(18)7-15(11)19)17-14-8-13(25(2,23)24)5-6-16(14)20-10-21-17/h3-8,10H,9H2,1-2H3. The molecule has 1 heterocycles. The second kappa shape index (κ2) is 6.90. The number of aromatic nitrogens is 2. The molecule has 130 valence electrons. The number of sulfone groups is 1. The van der Waals surface area contributed by atoms with Crippen molar-refractivity contribution in [1.82, 2.24) is 9.97 Å². The molecule has 0 saturated heterocycles. The number of halogens is 2. The minimum atomic E-state index is -3.31. The Hall–Kier alpha value is -1.70. The first-order chi connectivity index (χ1) is 11.8. The number of fused-ring (bicyclic) bond motifs is 1. The topological polar surface area (TPSA) is 63.2 Å². The van der Waals surface area contributed by atoms with Crippen molar-refractivity contribution in [1.29, 1.82) is 0 Å². The quantitative estimate of drug-likeness (QED) is 0.611. The molecule has 0 aliphatic heterocycles. The zero-order valence-electron chi connectivity index (χ0n) is 13.6. The van der Waals surface area contributed by atoms with Crippen molar-refractivity contribution in [3.8, 4) is 0 Å². The molecule has 3 rings (SSSR count). The molecule has 0 fully saturated rings. The Morgan fingerprint density at radius 3 is 2.60 bits per heavy atom. The van der Waals surface area contributed by atoms with Gasteiger partial charge in [0.15, 0.2) is 9.84 Å². The van der Waals surface area contributed by atoms with Gasteiger partial charge >= 0.3 is 0 Å². The maximum atomic E-state index is 11.8. The average molecular weight is 441 g/mol. The molecule has 0 aliphatic carbocycles. The third kappa shape index (κ3) is 3.94. The van der Waals surface area contributed by atoms with E-state index in [1.54, 1.807) is 18.2 Å². The van der Waals surface area contributed by atoms with Crippen molar-refractivity contribution >= 4 is 54.1 Å². The van der Waals surface area contributed by atoms with Crippen molar-refractivity contribution in [2.45, 2.75) is 11.4 Å². The van der Waals surface area contributed by atoms with Gasteiger partial charge in [0.25, 0.3) is 0 Å². The summed E-state index contributed by atoms with van der Waals surface area (Å²) in [4.78, 5) is 10.7. The summed E-state index contributed by atoms with van der Waals surface area (Å²) in [5.41, 5.74) is 1.63. The number of anilines is 1. The van der Waals surface area contributed by atoms with Crippen molar-refractivity contribution < 1.29 is 8.42 Å². The molecule has 0 radical (unpaired) electrons. The molecule has 0 bridgehead atoms. The van der Waals surface area contributed by atoms with Crippen LogP contribution in [0, 0.1) is 0 Å². The van der Waals surface area contributed by atoms with E-state index in [9.17, 15) is 8.42 Å². The molecule has 0 N–H and O–H groups in total. The average Bonchev–Trinajstić information content (AvgIpc) is 2.55. The molecule has 1 aromatic heterocycles. The Labute approximate surface area is 159 Å². The molecule has 0 unspecified atom stereocenters. The maximum absolute atomic E-state index is 11.8. The summed E-state index contributed by atoms with van der Waals surface area (Å²) in [6, 6.07) is 10.6. The van der Waals surface area contributed by atoms with Gasteiger partial charge in [-0.1, -0.05) is 33.6 Å². The van der Waals surface area contributed by atoms with E-state index in [1.807, 2.05) is 30.1 Å². The third-order valence-corrected chi connectivity index (χ3v) is 5.75. The lowest BCUT2D eigenvalue weighted by atomic mass is 10.2. The normalized spacial score (nSPS) is 11.7. The number of hydrogen-bond donors (Lipinski definition) is 0. The smallest absolute Gasteiger partial charge is 0.175 e. The summed E-state index contributed by atoms with van der Waals surface area (Å²) >= 11 is 9.69. The second-order valence-electron chi connectivity index (χ2n) is 5.74. The van der Waals surface area contributed by atoms with E-state index in [-0.39, 0.29) is 4.90 Å². The highest BCUT2D eigenvalue weighted by Gasteiger charge is 2.14. The van der Waals surface area contributed by atoms with Crippen LogP contribution in [0.15, 0.2) is 52.1 Å². The van der Waals surface area contributed by atoms with Crippen LogP contribution in [0.25, 0.3) is 10.9 Å². The summed E-state index contributed by atoms with van der Waals surface area (Å²) in [7, 11) is -1.43. The van der Waals surface area contributed by atoms with Crippen molar-refractivity contribution in [2.24, 2.45) is 0 Å². The number of rotatable bonds is 4. The molecule has 8 heteroatoms. The Morgan fingerprint density at radius 2 is 1.92 bits per heavy atom. The minimum Gasteiger partial charge on any atom is -0.355 e. The lowest BCUT2D eigenvalue weighted by Gasteiger charge is -2.20. The van der Waals surface area contributed by atoms with Crippen LogP contribution >= 0.6 is 27.5 Å². The summed E-state index contributed by atoms with van der Waals surface area (Å²) < 4.78 is 24.6. The predicted octanol–water partition coefficient (Wildman–Crippen LogP) is 4.09. The van der Waals surface area contributed by atoms with E-state index in [1.165, 1.54) is 12.6 Å². The van der Waals surface area contributed by atoms with Gasteiger partial charge in [0.05, 0.1) is 10.4 Å². The molecular weight excluding hydrogens is 426 g/mol. The Bertz CT molecular complexity index is 1060. The van der Waals surface area contributed by atoms with E-state index in [4.69, 9.17) is 11.6 Å². The fraction of sp³-hybridized carbons (Fsp3) is 0.176. The number of benzene rings is 2. The number of hydrogen-bond acceptors (Lipinski definition) is 5. The molecule has 0 amide bonds. The fourth-order valence-electron chi connectivity index (χ4n) is 2.54. The van der Waals surface area contributed by atoms with Crippen LogP contribution in [-0.2, 0) is 16.4 Å². The van der Waals surface area contributed by atoms with Gasteiger partial charge in [-0.2, -0.15) is 0 Å². The zero-order chi connectivity index (χ0) is 18.2. The summed E-state index contributed by atoms with van der Waals surface area (Å²) in [6.07, 6.45) is 2.65. The predicted molar refractivity (Wildman–Crippen MR) is 104 cm³/mol. The zero-order valence-corrected chi connectivity index (χ0v) is 16.7. The minimum absolute atomic E-state index is 0.242. The van der Waals surface area contributed by atoms with E-state index in [0.29, 0.717) is 28.3 Å². The monoisotopic (exact) mass is 439 g/mol. The lowest BCUT2D eigenvalue weighted by molar-refractivity contribution is 0.602. The van der Waals surface area contributed by atoms with Crippen LogP contribution < -0.4 is 4.90 Å². The van der Waals surface area contributed by atoms with Crippen LogP contribution in [-0.4, -0.2) is 31.7 Å². The highest BCUT2D eigenvalue weighted by Crippen LogP contribution is 2.28. The maximum Gasteiger partial charge on any atom is 0.175 e. The van der Waals surface area contributed by atoms with Gasteiger partial charge in [0, 0.05) is 34.7 Å². The Kier molecular flexibility index (Phi) is 4.99. The first-order valence-electron chi connectivity index (χ1n) is 7.35. The fourth-order valence-corrected chi connectivity index (χ4v) is 3.92. The Morgan fingerprint density at radius 1 is 1.16 bits per heavy atom. The summed E-state index contributed by atoms with van der Waals surface area (Å²) in [5, 5.41) is 1.33. The highest BCUT2D eigenvalue weighted by molar-refractivity contribution is 9.10. The van der Waals surface area contributed by atoms with Crippen molar-refractivity contribution in [3.63, 3.8) is 0 Å². The molecule has 0 saturated carbocycles. The first kappa shape index (κ1) is 18.1. The molecular formula is C17H15BrClN3O2S. The molecule has 25 heavy (non-hydrogen) atoms. The van der Waals surface area contributed by atoms with Crippen LogP contribution in [0.5, 0.6) is 0 Å². The van der Waals surface area contributed by atoms with Crippen LogP contribution in [0.4, 0.5) is 5.82 Å². The largest absolute Gasteiger partial charge is 0.355 e. The van der Waals surface area contributed by atoms with Gasteiger partial charge in [0.2, 0.25) is 0 Å². The number of nitrogens with zero attached hydrogens (tertiary/aromatic N) is 3. The van der Waals surface area contributed by atoms with Crippen molar-refractivity contribution in [3.05, 3.63) is 57.8 Å². The molecule has 2 aromatic carbocycles. The Balaban J connectivity index is 2.04. The lowest BCUT2D eigenvalue weighted by Crippen LogP contribution is -2.18. The van der Waals surface area contributed by atoms with Crippen LogP contribution in [0.1, 0.15) is 5.56 Å². The summed E-state index contributed by atoms with van der Waals surface area (Å²) in [6.45, 7) is 0.529. The van der Waals surface area contributed by atoms with Crippen molar-refractivity contribution in [2.75, 3.05) is 18.2 Å². The van der Waals surface area contributed by atoms with E-state index in [2.05, 4.69) is 25.9 Å². The third-order valence-electron chi connectivity index (χ3n) is 3.80. The van der Waals surface area contributed by atoms with Gasteiger partial charge in [0.1, 0.15) is 12.1 Å². The molecule has 0 spiro atoms. The van der Waals surface area contributed by atoms with E-state index < -0.39 is 9.84 Å². The van der Waals surface area contributed by atoms with Crippen LogP contribution in [0.2, 0.25) is 5.02 Å². The van der Waals surface area contributed by atoms with Gasteiger partial charge in [-0.3, -0.25) is 0 Å². The first-order valence-corrected chi connectivity index (χ1v) is 10.4. The molecule has 0 aliphatic rings. The molecule has 5 nitrogen and oxygen atoms in total. The van der Waals surface area contributed by atoms with E-state index >= 15 is 0 Å². The summed E-state index contributed by atoms with van der Waals surface area (Å²) in [5.74, 6) is 0.648. The molecule has 3 aromatic rings. The second-order valence-corrected chi connectivity index (χ2v) is 9.08.